The molecule has 0 aliphatic carbocycles. The average Bonchev–Trinajstić information content (AvgIpc) is 2.81. The van der Waals surface area contributed by atoms with Gasteiger partial charge in [0.1, 0.15) is 0 Å². The molecule has 0 spiro atoms. The molecule has 0 aliphatic heterocycles. The zero-order chi connectivity index (χ0) is 25.9. The molecule has 0 N–H and O–H groups in total. The maximum absolute atomic E-state index is 7.50. The largest absolute Gasteiger partial charge is 0 e. The first-order valence-corrected chi connectivity index (χ1v) is 9.27. The van der Waals surface area contributed by atoms with Gasteiger partial charge in [0.25, 0.3) is 0 Å². The molecule has 156 valence electrons. The van der Waals surface area contributed by atoms with Gasteiger partial charge in [-0.15, -0.1) is 4.31 Å². The fraction of sp³-hybridized carbons (Fsp3) is 0.286. The van der Waals surface area contributed by atoms with Gasteiger partial charge in [0, 0.05) is 42.1 Å². The molecule has 0 rings (SSSR count). The molecule has 0 aromatic rings. The Morgan fingerprint density at radius 3 is 0.414 bits per heavy atom. The molecule has 0 bridgehead atoms. The summed E-state index contributed by atoms with van der Waals surface area (Å²) in [6.07, 6.45) is 0. The van der Waals surface area contributed by atoms with E-state index < -0.39 is 0 Å². The molecule has 29 heavy (non-hydrogen) atoms. The molecule has 0 heterocycles. The summed E-state index contributed by atoms with van der Waals surface area (Å²) >= 11 is 0. The van der Waals surface area contributed by atoms with Crippen LogP contribution in [-0.2, 0) is 93.0 Å². The van der Waals surface area contributed by atoms with Gasteiger partial charge in [0.05, 0.1) is 26.7 Å². The van der Waals surface area contributed by atoms with Crippen molar-refractivity contribution in [2.75, 3.05) is 26.7 Å². The van der Waals surface area contributed by atoms with Gasteiger partial charge in [-0.05, 0) is 0 Å². The zero-order valence-electron chi connectivity index (χ0n) is 15.3. The smallest absolute Gasteiger partial charge is 0 e. The number of rotatable bonds is 2. The molecule has 0 atom stereocenters. The van der Waals surface area contributed by atoms with Crippen molar-refractivity contribution in [3.63, 3.8) is 0 Å². The Bertz CT molecular complexity index is 274. The van der Waals surface area contributed by atoms with Crippen molar-refractivity contribution >= 4 is 16.3 Å². The maximum Gasteiger partial charge on any atom is 0 e. The third-order valence-corrected chi connectivity index (χ3v) is 3.67. The maximum atomic E-state index is 7.50. The minimum Gasteiger partial charge on any atom is 0 e. The summed E-state index contributed by atoms with van der Waals surface area (Å²) in [6, 6.07) is 0. The van der Waals surface area contributed by atoms with Crippen LogP contribution >= 0.6 is 16.3 Å². The molecule has 0 aromatic carbocycles. The number of hydrogen-bond donors (Lipinski definition) is 0. The molecule has 0 aromatic heterocycles. The van der Waals surface area contributed by atoms with E-state index >= 15 is 0 Å². The van der Waals surface area contributed by atoms with Crippen LogP contribution in [0, 0.1) is 66.5 Å². The summed E-state index contributed by atoms with van der Waals surface area (Å²) in [5, 5.41) is 0. The Labute approximate surface area is 201 Å². The number of hydrogen-bond acceptors (Lipinski definition) is 1. The van der Waals surface area contributed by atoms with E-state index in [9.17, 15) is 0 Å². The van der Waals surface area contributed by atoms with E-state index in [0.29, 0.717) is 0 Å². The molecule has 0 saturated heterocycles. The van der Waals surface area contributed by atoms with Gasteiger partial charge in [-0.25, -0.2) is 0 Å². The van der Waals surface area contributed by atoms with Crippen molar-refractivity contribution < 1.29 is 93.0 Å². The zero-order valence-corrected chi connectivity index (χ0v) is 23.2. The van der Waals surface area contributed by atoms with Crippen LogP contribution < -0.4 is 0 Å². The summed E-state index contributed by atoms with van der Waals surface area (Å²) in [5.41, 5.74) is 0. The Balaban J connectivity index is -0.00000000935. The molecule has 0 saturated carbocycles. The molecule has 11 nitrogen and oxygen atoms in total. The van der Waals surface area contributed by atoms with Crippen molar-refractivity contribution in [3.05, 3.63) is 66.5 Å². The third kappa shape index (κ3) is 1400. The summed E-state index contributed by atoms with van der Waals surface area (Å²) in [5.74, 6) is 0. The van der Waals surface area contributed by atoms with E-state index in [2.05, 4.69) is 93.2 Å². The molecule has 0 radical (unpaired) electrons. The first kappa shape index (κ1) is 89.5. The second-order valence-corrected chi connectivity index (χ2v) is 6.37. The topological polar surface area (TPSA) is 208 Å². The van der Waals surface area contributed by atoms with E-state index in [-0.39, 0.29) is 58.4 Å². The van der Waals surface area contributed by atoms with Crippen molar-refractivity contribution in [1.29, 1.82) is 0 Å². The third-order valence-electron chi connectivity index (χ3n) is 0.408. The SMILES string of the molecule is C[PH+](C)O[PH+](C)C.[C-]#[O+].[C-]#[O+].[C-]#[O+].[C-]#[O+].[C-]#[O+].[C-]#[O+].[C-]#[O+].[C-]#[O+].[C-]#[O+].[C-]#[O+].[W].[W]. The first-order valence-electron chi connectivity index (χ1n) is 4.45. The van der Waals surface area contributed by atoms with Gasteiger partial charge in [-0.1, -0.05) is 0 Å². The van der Waals surface area contributed by atoms with Gasteiger partial charge in [0.15, 0.2) is 16.3 Å². The van der Waals surface area contributed by atoms with Crippen LogP contribution in [0.2, 0.25) is 0 Å². The van der Waals surface area contributed by atoms with Gasteiger partial charge < -0.3 is 0 Å². The van der Waals surface area contributed by atoms with Gasteiger partial charge >= 0.3 is 113 Å². The molecule has 15 heteroatoms. The fourth-order valence-corrected chi connectivity index (χ4v) is 3.67. The summed E-state index contributed by atoms with van der Waals surface area (Å²) < 4.78 is 80.5. The van der Waals surface area contributed by atoms with Crippen LogP contribution in [0.15, 0.2) is 0 Å². The van der Waals surface area contributed by atoms with Crippen LogP contribution in [0.25, 0.3) is 0 Å². The van der Waals surface area contributed by atoms with Crippen molar-refractivity contribution in [1.82, 2.24) is 0 Å². The molecule has 0 fully saturated rings. The molecular weight excluding hydrogens is 774 g/mol. The van der Waals surface area contributed by atoms with Crippen molar-refractivity contribution in [2.45, 2.75) is 0 Å². The fourth-order valence-electron chi connectivity index (χ4n) is 0.408. The quantitative estimate of drug-likeness (QED) is 0.227. The van der Waals surface area contributed by atoms with Crippen LogP contribution in [0.1, 0.15) is 0 Å². The van der Waals surface area contributed by atoms with E-state index in [1.54, 1.807) is 0 Å². The van der Waals surface area contributed by atoms with Gasteiger partial charge in [0.2, 0.25) is 0 Å². The predicted octanol–water partition coefficient (Wildman–Crippen LogP) is 1.40. The Morgan fingerprint density at radius 2 is 0.414 bits per heavy atom. The summed E-state index contributed by atoms with van der Waals surface area (Å²) in [7, 11) is -0.778. The molecule has 0 unspecified atom stereocenters. The van der Waals surface area contributed by atoms with Crippen molar-refractivity contribution in [2.24, 2.45) is 0 Å². The first-order chi connectivity index (χ1) is 13.1. The van der Waals surface area contributed by atoms with E-state index in [0.717, 1.165) is 0 Å². The summed E-state index contributed by atoms with van der Waals surface area (Å²) in [4.78, 5) is 0. The van der Waals surface area contributed by atoms with Crippen molar-refractivity contribution in [3.8, 4) is 0 Å². The van der Waals surface area contributed by atoms with E-state index in [1.807, 2.05) is 0 Å². The average molecular weight is 788 g/mol. The van der Waals surface area contributed by atoms with Gasteiger partial charge in [-0.2, -0.15) is 0 Å². The molecule has 0 amide bonds. The molecule has 0 aliphatic rings. The van der Waals surface area contributed by atoms with Crippen LogP contribution in [0.4, 0.5) is 0 Å². The van der Waals surface area contributed by atoms with E-state index in [1.165, 1.54) is 0 Å². The standard InChI is InChI=1S/C4H12OP2.10CO.2W/c1-6(2)5-7(3)4;10*1-2;;/h1-4H3;;;;;;;;;;;;/p+2. The molecular formula is C14H14O11P2W2+2. The normalized spacial score (nSPS) is 3.38. The van der Waals surface area contributed by atoms with E-state index in [4.69, 9.17) is 50.8 Å². The predicted molar refractivity (Wildman–Crippen MR) is 80.7 cm³/mol. The Hall–Kier alpha value is -0.403. The summed E-state index contributed by atoms with van der Waals surface area (Å²) in [6.45, 7) is 53.7. The minimum absolute atomic E-state index is 0. The van der Waals surface area contributed by atoms with Gasteiger partial charge in [-0.3, -0.25) is 0 Å². The second-order valence-electron chi connectivity index (χ2n) is 1.92. The monoisotopic (exact) mass is 788 g/mol. The van der Waals surface area contributed by atoms with Crippen LogP contribution in [0.3, 0.4) is 0 Å². The Kier molecular flexibility index (Phi) is 1380. The van der Waals surface area contributed by atoms with Crippen LogP contribution in [0.5, 0.6) is 0 Å². The van der Waals surface area contributed by atoms with Crippen LogP contribution in [-0.4, -0.2) is 26.7 Å². The Morgan fingerprint density at radius 1 is 0.345 bits per heavy atom. The minimum atomic E-state index is -0.389. The second kappa shape index (κ2) is 449.